The van der Waals surface area contributed by atoms with Crippen molar-refractivity contribution in [3.05, 3.63) is 64.7 Å². The first-order valence-electron chi connectivity index (χ1n) is 6.53. The fourth-order valence-corrected chi connectivity index (χ4v) is 2.74. The van der Waals surface area contributed by atoms with Gasteiger partial charge in [-0.15, -0.1) is 0 Å². The molecule has 3 rings (SSSR count). The van der Waals surface area contributed by atoms with Crippen LogP contribution < -0.4 is 0 Å². The zero-order chi connectivity index (χ0) is 13.2. The monoisotopic (exact) mass is 268 g/mol. The molecule has 19 heavy (non-hydrogen) atoms. The molecule has 96 valence electrons. The van der Waals surface area contributed by atoms with Gasteiger partial charge >= 0.3 is 0 Å². The minimum atomic E-state index is 0.796. The Balaban J connectivity index is 2.11. The van der Waals surface area contributed by atoms with Crippen LogP contribution in [0.4, 0.5) is 0 Å². The Hall–Kier alpha value is -1.87. The molecule has 0 saturated heterocycles. The van der Waals surface area contributed by atoms with E-state index in [2.05, 4.69) is 58.9 Å². The number of benzene rings is 2. The first kappa shape index (κ1) is 12.2. The summed E-state index contributed by atoms with van der Waals surface area (Å²) in [6, 6.07) is 14.9. The summed E-state index contributed by atoms with van der Waals surface area (Å²) in [6.07, 6.45) is 2.99. The van der Waals surface area contributed by atoms with Crippen molar-refractivity contribution in [1.82, 2.24) is 9.55 Å². The highest BCUT2D eigenvalue weighted by molar-refractivity contribution is 7.71. The van der Waals surface area contributed by atoms with Crippen LogP contribution in [0.1, 0.15) is 18.2 Å². The van der Waals surface area contributed by atoms with Crippen LogP contribution >= 0.6 is 12.2 Å². The van der Waals surface area contributed by atoms with Gasteiger partial charge in [0.1, 0.15) is 0 Å². The van der Waals surface area contributed by atoms with E-state index in [1.165, 1.54) is 22.0 Å². The molecule has 0 amide bonds. The second-order valence-corrected chi connectivity index (χ2v) is 5.05. The molecule has 0 radical (unpaired) electrons. The first-order valence-corrected chi connectivity index (χ1v) is 6.94. The maximum Gasteiger partial charge on any atom is 0.177 e. The van der Waals surface area contributed by atoms with Crippen LogP contribution in [0.25, 0.3) is 10.8 Å². The van der Waals surface area contributed by atoms with Crippen molar-refractivity contribution in [3.8, 4) is 0 Å². The van der Waals surface area contributed by atoms with Crippen molar-refractivity contribution in [2.24, 2.45) is 0 Å². The van der Waals surface area contributed by atoms with Gasteiger partial charge < -0.3 is 9.55 Å². The molecule has 0 aliphatic rings. The van der Waals surface area contributed by atoms with E-state index < -0.39 is 0 Å². The molecule has 1 N–H and O–H groups in total. The van der Waals surface area contributed by atoms with Crippen molar-refractivity contribution in [3.63, 3.8) is 0 Å². The maximum atomic E-state index is 5.37. The van der Waals surface area contributed by atoms with Crippen molar-refractivity contribution < 1.29 is 0 Å². The van der Waals surface area contributed by atoms with Crippen LogP contribution in [-0.4, -0.2) is 9.55 Å². The largest absolute Gasteiger partial charge is 0.337 e. The highest BCUT2D eigenvalue weighted by Gasteiger charge is 2.05. The number of fused-ring (bicyclic) bond motifs is 1. The van der Waals surface area contributed by atoms with Crippen molar-refractivity contribution >= 4 is 23.0 Å². The van der Waals surface area contributed by atoms with Crippen LogP contribution in [0.3, 0.4) is 0 Å². The summed E-state index contributed by atoms with van der Waals surface area (Å²) in [5, 5.41) is 2.58. The average molecular weight is 268 g/mol. The lowest BCUT2D eigenvalue weighted by Gasteiger charge is -2.10. The Morgan fingerprint density at radius 3 is 2.74 bits per heavy atom. The molecule has 2 aromatic carbocycles. The number of hydrogen-bond acceptors (Lipinski definition) is 1. The number of rotatable bonds is 3. The maximum absolute atomic E-state index is 5.37. The molecule has 1 heterocycles. The molecule has 0 spiro atoms. The number of aromatic amines is 1. The van der Waals surface area contributed by atoms with Crippen molar-refractivity contribution in [2.75, 3.05) is 0 Å². The third kappa shape index (κ3) is 2.22. The van der Waals surface area contributed by atoms with Gasteiger partial charge in [-0.2, -0.15) is 0 Å². The molecular formula is C16H16N2S. The number of aromatic nitrogens is 2. The Kier molecular flexibility index (Phi) is 3.22. The zero-order valence-corrected chi connectivity index (χ0v) is 11.7. The summed E-state index contributed by atoms with van der Waals surface area (Å²) < 4.78 is 2.97. The van der Waals surface area contributed by atoms with Crippen molar-refractivity contribution in [1.29, 1.82) is 0 Å². The molecule has 0 aliphatic heterocycles. The predicted octanol–water partition coefficient (Wildman–Crippen LogP) is 4.31. The number of imidazole rings is 1. The molecule has 0 unspecified atom stereocenters. The Labute approximate surface area is 117 Å². The molecule has 0 saturated carbocycles. The Morgan fingerprint density at radius 2 is 1.89 bits per heavy atom. The number of hydrogen-bond donors (Lipinski definition) is 1. The summed E-state index contributed by atoms with van der Waals surface area (Å²) in [4.78, 5) is 3.13. The van der Waals surface area contributed by atoms with E-state index in [1.807, 2.05) is 6.20 Å². The van der Waals surface area contributed by atoms with E-state index in [0.717, 1.165) is 17.7 Å². The van der Waals surface area contributed by atoms with E-state index in [-0.39, 0.29) is 0 Å². The molecule has 3 heteroatoms. The molecule has 0 fully saturated rings. The smallest absolute Gasteiger partial charge is 0.177 e. The normalized spacial score (nSPS) is 11.0. The minimum absolute atomic E-state index is 0.796. The Bertz CT molecular complexity index is 762. The van der Waals surface area contributed by atoms with Gasteiger partial charge in [0.05, 0.1) is 6.54 Å². The van der Waals surface area contributed by atoms with E-state index >= 15 is 0 Å². The van der Waals surface area contributed by atoms with Gasteiger partial charge in [-0.3, -0.25) is 0 Å². The lowest BCUT2D eigenvalue weighted by Crippen LogP contribution is -2.04. The summed E-state index contributed by atoms with van der Waals surface area (Å²) in [5.41, 5.74) is 2.56. The van der Waals surface area contributed by atoms with Crippen molar-refractivity contribution in [2.45, 2.75) is 19.9 Å². The van der Waals surface area contributed by atoms with E-state index in [1.54, 1.807) is 0 Å². The van der Waals surface area contributed by atoms with E-state index in [0.29, 0.717) is 0 Å². The van der Waals surface area contributed by atoms with Gasteiger partial charge in [0, 0.05) is 11.9 Å². The SMILES string of the molecule is CCc1c[nH]c(=S)n1Cc1cccc2ccccc12. The third-order valence-corrected chi connectivity index (χ3v) is 3.86. The molecule has 3 aromatic rings. The Morgan fingerprint density at radius 1 is 1.11 bits per heavy atom. The lowest BCUT2D eigenvalue weighted by molar-refractivity contribution is 0.740. The van der Waals surface area contributed by atoms with Crippen LogP contribution in [0.2, 0.25) is 0 Å². The summed E-state index contributed by atoms with van der Waals surface area (Å²) >= 11 is 5.37. The fourth-order valence-electron chi connectivity index (χ4n) is 2.50. The average Bonchev–Trinajstić information content (AvgIpc) is 2.80. The fraction of sp³-hybridized carbons (Fsp3) is 0.188. The van der Waals surface area contributed by atoms with E-state index in [9.17, 15) is 0 Å². The third-order valence-electron chi connectivity index (χ3n) is 3.52. The highest BCUT2D eigenvalue weighted by Crippen LogP contribution is 2.20. The summed E-state index contributed by atoms with van der Waals surface area (Å²) in [7, 11) is 0. The molecule has 2 nitrogen and oxygen atoms in total. The van der Waals surface area contributed by atoms with Gasteiger partial charge in [-0.05, 0) is 35.0 Å². The molecule has 0 bridgehead atoms. The zero-order valence-electron chi connectivity index (χ0n) is 10.9. The minimum Gasteiger partial charge on any atom is -0.337 e. The van der Waals surface area contributed by atoms with Crippen LogP contribution in [0.15, 0.2) is 48.7 Å². The summed E-state index contributed by atoms with van der Waals surface area (Å²) in [5.74, 6) is 0. The first-order chi connectivity index (χ1) is 9.29. The van der Waals surface area contributed by atoms with Gasteiger partial charge in [0.15, 0.2) is 4.77 Å². The van der Waals surface area contributed by atoms with Crippen LogP contribution in [0, 0.1) is 4.77 Å². The topological polar surface area (TPSA) is 20.7 Å². The highest BCUT2D eigenvalue weighted by atomic mass is 32.1. The second kappa shape index (κ2) is 5.02. The predicted molar refractivity (Wildman–Crippen MR) is 82.0 cm³/mol. The lowest BCUT2D eigenvalue weighted by atomic mass is 10.0. The number of nitrogens with one attached hydrogen (secondary N) is 1. The molecule has 0 atom stereocenters. The summed E-state index contributed by atoms with van der Waals surface area (Å²) in [6.45, 7) is 2.98. The molecular weight excluding hydrogens is 252 g/mol. The van der Waals surface area contributed by atoms with Gasteiger partial charge in [0.2, 0.25) is 0 Å². The number of H-pyrrole nitrogens is 1. The van der Waals surface area contributed by atoms with E-state index in [4.69, 9.17) is 12.2 Å². The van der Waals surface area contributed by atoms with Crippen LogP contribution in [-0.2, 0) is 13.0 Å². The van der Waals surface area contributed by atoms with Gasteiger partial charge in [-0.25, -0.2) is 0 Å². The molecule has 1 aromatic heterocycles. The second-order valence-electron chi connectivity index (χ2n) is 4.66. The molecule has 0 aliphatic carbocycles. The van der Waals surface area contributed by atoms with Gasteiger partial charge in [0.25, 0.3) is 0 Å². The number of aryl methyl sites for hydroxylation is 1. The van der Waals surface area contributed by atoms with Gasteiger partial charge in [-0.1, -0.05) is 49.4 Å². The quantitative estimate of drug-likeness (QED) is 0.702. The standard InChI is InChI=1S/C16H16N2S/c1-2-14-10-17-16(19)18(14)11-13-8-5-7-12-6-3-4-9-15(12)13/h3-10H,2,11H2,1H3,(H,17,19). The van der Waals surface area contributed by atoms with Crippen LogP contribution in [0.5, 0.6) is 0 Å². The number of nitrogens with zero attached hydrogens (tertiary/aromatic N) is 1.